The molecular formula is C14H17F2N3. The molecule has 0 aliphatic heterocycles. The second kappa shape index (κ2) is 5.48. The van der Waals surface area contributed by atoms with E-state index in [1.165, 1.54) is 18.2 Å². The topological polar surface area (TPSA) is 29.9 Å². The average Bonchev–Trinajstić information content (AvgIpc) is 2.68. The van der Waals surface area contributed by atoms with Crippen molar-refractivity contribution in [1.29, 1.82) is 0 Å². The molecule has 0 saturated heterocycles. The Bertz CT molecular complexity index is 558. The van der Waals surface area contributed by atoms with Crippen molar-refractivity contribution in [2.45, 2.75) is 19.4 Å². The molecule has 0 bridgehead atoms. The quantitative estimate of drug-likeness (QED) is 0.920. The number of hydrogen-bond donors (Lipinski definition) is 1. The van der Waals surface area contributed by atoms with Crippen LogP contribution < -0.4 is 5.32 Å². The molecule has 1 heterocycles. The number of nitrogens with one attached hydrogen (secondary N) is 1. The fourth-order valence-electron chi connectivity index (χ4n) is 2.26. The minimum absolute atomic E-state index is 0.102. The Morgan fingerprint density at radius 1 is 1.32 bits per heavy atom. The van der Waals surface area contributed by atoms with Gasteiger partial charge in [0.15, 0.2) is 0 Å². The van der Waals surface area contributed by atoms with E-state index in [0.717, 1.165) is 11.3 Å². The standard InChI is InChI=1S/C14H17F2N3/c1-9-11(8-19(3)18-9)14(17-2)7-10-12(15)5-4-6-13(10)16/h4-6,8,14,17H,7H2,1-3H3. The Kier molecular flexibility index (Phi) is 3.95. The first kappa shape index (κ1) is 13.7. The van der Waals surface area contributed by atoms with Crippen LogP contribution in [0.2, 0.25) is 0 Å². The summed E-state index contributed by atoms with van der Waals surface area (Å²) in [6.45, 7) is 1.89. The van der Waals surface area contributed by atoms with Gasteiger partial charge in [0.25, 0.3) is 0 Å². The molecule has 5 heteroatoms. The van der Waals surface area contributed by atoms with E-state index >= 15 is 0 Å². The van der Waals surface area contributed by atoms with E-state index in [-0.39, 0.29) is 18.0 Å². The molecule has 19 heavy (non-hydrogen) atoms. The van der Waals surface area contributed by atoms with E-state index in [2.05, 4.69) is 10.4 Å². The smallest absolute Gasteiger partial charge is 0.129 e. The molecule has 1 N–H and O–H groups in total. The lowest BCUT2D eigenvalue weighted by molar-refractivity contribution is 0.514. The molecule has 1 unspecified atom stereocenters. The second-order valence-corrected chi connectivity index (χ2v) is 4.59. The second-order valence-electron chi connectivity index (χ2n) is 4.59. The lowest BCUT2D eigenvalue weighted by Gasteiger charge is -2.16. The summed E-state index contributed by atoms with van der Waals surface area (Å²) in [4.78, 5) is 0. The van der Waals surface area contributed by atoms with Crippen LogP contribution >= 0.6 is 0 Å². The third-order valence-electron chi connectivity index (χ3n) is 3.25. The lowest BCUT2D eigenvalue weighted by atomic mass is 9.99. The van der Waals surface area contributed by atoms with Crippen molar-refractivity contribution in [2.75, 3.05) is 7.05 Å². The van der Waals surface area contributed by atoms with E-state index in [9.17, 15) is 8.78 Å². The van der Waals surface area contributed by atoms with Gasteiger partial charge >= 0.3 is 0 Å². The zero-order chi connectivity index (χ0) is 14.0. The van der Waals surface area contributed by atoms with Crippen LogP contribution in [-0.2, 0) is 13.5 Å². The molecule has 0 aliphatic rings. The molecule has 2 aromatic rings. The van der Waals surface area contributed by atoms with Crippen LogP contribution in [0.1, 0.15) is 22.9 Å². The number of halogens is 2. The van der Waals surface area contributed by atoms with Gasteiger partial charge in [0.05, 0.1) is 5.69 Å². The van der Waals surface area contributed by atoms with Crippen LogP contribution in [0, 0.1) is 18.6 Å². The summed E-state index contributed by atoms with van der Waals surface area (Å²) in [5.74, 6) is -1.02. The van der Waals surface area contributed by atoms with E-state index in [0.29, 0.717) is 0 Å². The molecule has 0 spiro atoms. The molecule has 0 saturated carbocycles. The van der Waals surface area contributed by atoms with Gasteiger partial charge in [-0.15, -0.1) is 0 Å². The summed E-state index contributed by atoms with van der Waals surface area (Å²) >= 11 is 0. The van der Waals surface area contributed by atoms with Gasteiger partial charge < -0.3 is 5.32 Å². The van der Waals surface area contributed by atoms with Crippen molar-refractivity contribution in [3.05, 3.63) is 52.9 Å². The Hall–Kier alpha value is -1.75. The normalized spacial score (nSPS) is 12.7. The first-order chi connectivity index (χ1) is 9.02. The van der Waals surface area contributed by atoms with E-state index in [1.54, 1.807) is 11.7 Å². The highest BCUT2D eigenvalue weighted by Gasteiger charge is 2.19. The summed E-state index contributed by atoms with van der Waals surface area (Å²) in [6, 6.07) is 3.76. The molecule has 0 fully saturated rings. The highest BCUT2D eigenvalue weighted by molar-refractivity contribution is 5.26. The summed E-state index contributed by atoms with van der Waals surface area (Å²) in [5, 5.41) is 7.34. The molecule has 0 amide bonds. The Morgan fingerprint density at radius 3 is 2.42 bits per heavy atom. The van der Waals surface area contributed by atoms with Gasteiger partial charge in [-0.05, 0) is 32.5 Å². The third-order valence-corrected chi connectivity index (χ3v) is 3.25. The lowest BCUT2D eigenvalue weighted by Crippen LogP contribution is -2.20. The molecule has 1 aromatic heterocycles. The van der Waals surface area contributed by atoms with Crippen LogP contribution in [0.4, 0.5) is 8.78 Å². The predicted octanol–water partition coefficient (Wildman–Crippen LogP) is 2.51. The van der Waals surface area contributed by atoms with Crippen molar-refractivity contribution in [3.8, 4) is 0 Å². The van der Waals surface area contributed by atoms with E-state index in [4.69, 9.17) is 0 Å². The number of likely N-dealkylation sites (N-methyl/N-ethyl adjacent to an activating group) is 1. The summed E-state index contributed by atoms with van der Waals surface area (Å²) in [7, 11) is 3.60. The zero-order valence-corrected chi connectivity index (χ0v) is 11.2. The van der Waals surface area contributed by atoms with Gasteiger partial charge in [0, 0.05) is 30.4 Å². The third kappa shape index (κ3) is 2.81. The van der Waals surface area contributed by atoms with Gasteiger partial charge in [-0.3, -0.25) is 4.68 Å². The highest BCUT2D eigenvalue weighted by Crippen LogP contribution is 2.23. The Morgan fingerprint density at radius 2 is 1.95 bits per heavy atom. The minimum Gasteiger partial charge on any atom is -0.313 e. The van der Waals surface area contributed by atoms with Gasteiger partial charge in [-0.25, -0.2) is 8.78 Å². The Labute approximate surface area is 111 Å². The van der Waals surface area contributed by atoms with Crippen LogP contribution in [0.5, 0.6) is 0 Å². The molecule has 102 valence electrons. The number of rotatable bonds is 4. The summed E-state index contributed by atoms with van der Waals surface area (Å²) in [5.41, 5.74) is 1.91. The van der Waals surface area contributed by atoms with Crippen molar-refractivity contribution in [3.63, 3.8) is 0 Å². The monoisotopic (exact) mass is 265 g/mol. The number of hydrogen-bond acceptors (Lipinski definition) is 2. The fraction of sp³-hybridized carbons (Fsp3) is 0.357. The van der Waals surface area contributed by atoms with Gasteiger partial charge in [-0.1, -0.05) is 6.07 Å². The zero-order valence-electron chi connectivity index (χ0n) is 11.2. The maximum absolute atomic E-state index is 13.7. The van der Waals surface area contributed by atoms with Crippen LogP contribution in [0.3, 0.4) is 0 Å². The first-order valence-electron chi connectivity index (χ1n) is 6.13. The number of aryl methyl sites for hydroxylation is 2. The molecule has 0 radical (unpaired) electrons. The summed E-state index contributed by atoms with van der Waals surface area (Å²) < 4.78 is 29.1. The maximum Gasteiger partial charge on any atom is 0.129 e. The van der Waals surface area contributed by atoms with E-state index < -0.39 is 11.6 Å². The minimum atomic E-state index is -0.512. The number of benzene rings is 1. The molecular weight excluding hydrogens is 248 g/mol. The largest absolute Gasteiger partial charge is 0.313 e. The van der Waals surface area contributed by atoms with Crippen molar-refractivity contribution in [1.82, 2.24) is 15.1 Å². The highest BCUT2D eigenvalue weighted by atomic mass is 19.1. The van der Waals surface area contributed by atoms with Crippen molar-refractivity contribution < 1.29 is 8.78 Å². The molecule has 3 nitrogen and oxygen atoms in total. The average molecular weight is 265 g/mol. The number of nitrogens with zero attached hydrogens (tertiary/aromatic N) is 2. The van der Waals surface area contributed by atoms with Crippen LogP contribution in [0.15, 0.2) is 24.4 Å². The van der Waals surface area contributed by atoms with Crippen LogP contribution in [0.25, 0.3) is 0 Å². The van der Waals surface area contributed by atoms with Crippen molar-refractivity contribution in [2.24, 2.45) is 7.05 Å². The van der Waals surface area contributed by atoms with Crippen LogP contribution in [-0.4, -0.2) is 16.8 Å². The summed E-state index contributed by atoms with van der Waals surface area (Å²) in [6.07, 6.45) is 2.12. The SMILES string of the molecule is CNC(Cc1c(F)cccc1F)c1cn(C)nc1C. The van der Waals surface area contributed by atoms with Gasteiger partial charge in [-0.2, -0.15) is 5.10 Å². The molecule has 1 aromatic carbocycles. The molecule has 1 atom stereocenters. The molecule has 2 rings (SSSR count). The maximum atomic E-state index is 13.7. The Balaban J connectivity index is 2.32. The van der Waals surface area contributed by atoms with Gasteiger partial charge in [0.1, 0.15) is 11.6 Å². The molecule has 0 aliphatic carbocycles. The van der Waals surface area contributed by atoms with E-state index in [1.807, 2.05) is 20.2 Å². The fourth-order valence-corrected chi connectivity index (χ4v) is 2.26. The predicted molar refractivity (Wildman–Crippen MR) is 69.8 cm³/mol. The van der Waals surface area contributed by atoms with Gasteiger partial charge in [0.2, 0.25) is 0 Å². The van der Waals surface area contributed by atoms with Crippen molar-refractivity contribution >= 4 is 0 Å². The number of aromatic nitrogens is 2. The first-order valence-corrected chi connectivity index (χ1v) is 6.13.